The highest BCUT2D eigenvalue weighted by molar-refractivity contribution is 6.37. The third kappa shape index (κ3) is 2.33. The summed E-state index contributed by atoms with van der Waals surface area (Å²) in [6.45, 7) is 1.87. The van der Waals surface area contributed by atoms with Crippen LogP contribution < -0.4 is 0 Å². The molecule has 2 aromatic heterocycles. The predicted octanol–water partition coefficient (Wildman–Crippen LogP) is 4.96. The van der Waals surface area contributed by atoms with E-state index in [-0.39, 0.29) is 0 Å². The van der Waals surface area contributed by atoms with Crippen molar-refractivity contribution in [3.8, 4) is 11.1 Å². The first-order valence-corrected chi connectivity index (χ1v) is 6.93. The van der Waals surface area contributed by atoms with E-state index >= 15 is 0 Å². The average molecular weight is 325 g/mol. The molecule has 100 valence electrons. The molecule has 0 N–H and O–H groups in total. The third-order valence-electron chi connectivity index (χ3n) is 2.90. The summed E-state index contributed by atoms with van der Waals surface area (Å²) in [6, 6.07) is 7.04. The van der Waals surface area contributed by atoms with Crippen molar-refractivity contribution in [2.45, 2.75) is 6.92 Å². The highest BCUT2D eigenvalue weighted by Crippen LogP contribution is 2.34. The van der Waals surface area contributed by atoms with Gasteiger partial charge < -0.3 is 0 Å². The number of nitrogens with zero attached hydrogens (tertiary/aromatic N) is 3. The number of halogens is 3. The Balaban J connectivity index is 2.36. The van der Waals surface area contributed by atoms with E-state index in [4.69, 9.17) is 34.8 Å². The van der Waals surface area contributed by atoms with E-state index in [1.807, 2.05) is 13.0 Å². The smallest absolute Gasteiger partial charge is 0.131 e. The van der Waals surface area contributed by atoms with Gasteiger partial charge >= 0.3 is 0 Å². The average Bonchev–Trinajstić information content (AvgIpc) is 2.38. The van der Waals surface area contributed by atoms with Gasteiger partial charge in [0.2, 0.25) is 0 Å². The van der Waals surface area contributed by atoms with Crippen LogP contribution in [0.25, 0.3) is 22.2 Å². The van der Waals surface area contributed by atoms with Gasteiger partial charge in [0.1, 0.15) is 11.0 Å². The summed E-state index contributed by atoms with van der Waals surface area (Å²) in [4.78, 5) is 4.50. The molecule has 3 rings (SSSR count). The molecule has 0 aliphatic carbocycles. The molecule has 3 nitrogen and oxygen atoms in total. The molecule has 6 heteroatoms. The Labute approximate surface area is 130 Å². The zero-order valence-corrected chi connectivity index (χ0v) is 12.6. The van der Waals surface area contributed by atoms with Gasteiger partial charge in [-0.1, -0.05) is 40.9 Å². The highest BCUT2D eigenvalue weighted by atomic mass is 35.5. The van der Waals surface area contributed by atoms with E-state index in [9.17, 15) is 0 Å². The van der Waals surface area contributed by atoms with Gasteiger partial charge in [0.15, 0.2) is 0 Å². The Hall–Kier alpha value is -1.42. The molecule has 0 saturated carbocycles. The van der Waals surface area contributed by atoms with Crippen molar-refractivity contribution in [1.29, 1.82) is 0 Å². The van der Waals surface area contributed by atoms with Gasteiger partial charge in [-0.25, -0.2) is 0 Å². The van der Waals surface area contributed by atoms with E-state index in [1.165, 1.54) is 0 Å². The van der Waals surface area contributed by atoms with Crippen LogP contribution in [0.5, 0.6) is 0 Å². The minimum absolute atomic E-state index is 0.520. The van der Waals surface area contributed by atoms with Crippen molar-refractivity contribution in [2.75, 3.05) is 0 Å². The molecular weight excluding hydrogens is 317 g/mol. The summed E-state index contributed by atoms with van der Waals surface area (Å²) >= 11 is 18.4. The summed E-state index contributed by atoms with van der Waals surface area (Å²) in [5.74, 6) is 0. The van der Waals surface area contributed by atoms with Gasteiger partial charge in [-0.3, -0.25) is 4.98 Å². The maximum absolute atomic E-state index is 6.25. The summed E-state index contributed by atoms with van der Waals surface area (Å²) in [5, 5.41) is 9.65. The van der Waals surface area contributed by atoms with Crippen LogP contribution in [0.3, 0.4) is 0 Å². The lowest BCUT2D eigenvalue weighted by Crippen LogP contribution is -1.94. The summed E-state index contributed by atoms with van der Waals surface area (Å²) in [6.07, 6.45) is 1.63. The lowest BCUT2D eigenvalue weighted by Gasteiger charge is -2.08. The summed E-state index contributed by atoms with van der Waals surface area (Å²) in [7, 11) is 0. The molecule has 2 heterocycles. The first kappa shape index (κ1) is 13.6. The molecule has 0 atom stereocenters. The van der Waals surface area contributed by atoms with Crippen LogP contribution in [0, 0.1) is 6.92 Å². The zero-order chi connectivity index (χ0) is 14.3. The van der Waals surface area contributed by atoms with Crippen LogP contribution >= 0.6 is 34.8 Å². The van der Waals surface area contributed by atoms with Crippen LogP contribution in [0.4, 0.5) is 0 Å². The molecule has 0 fully saturated rings. The topological polar surface area (TPSA) is 38.7 Å². The largest absolute Gasteiger partial charge is 0.251 e. The minimum Gasteiger partial charge on any atom is -0.251 e. The number of rotatable bonds is 1. The van der Waals surface area contributed by atoms with E-state index in [0.717, 1.165) is 16.8 Å². The summed E-state index contributed by atoms with van der Waals surface area (Å²) < 4.78 is 0. The van der Waals surface area contributed by atoms with E-state index < -0.39 is 0 Å². The first-order chi connectivity index (χ1) is 9.56. The number of pyridine rings is 1. The Bertz CT molecular complexity index is 818. The van der Waals surface area contributed by atoms with Crippen molar-refractivity contribution in [3.05, 3.63) is 51.2 Å². The van der Waals surface area contributed by atoms with Gasteiger partial charge in [-0.05, 0) is 25.1 Å². The molecule has 0 spiro atoms. The van der Waals surface area contributed by atoms with Crippen LogP contribution in [0.15, 0.2) is 30.5 Å². The Morgan fingerprint density at radius 1 is 0.900 bits per heavy atom. The highest BCUT2D eigenvalue weighted by Gasteiger charge is 2.13. The van der Waals surface area contributed by atoms with E-state index in [2.05, 4.69) is 15.2 Å². The Morgan fingerprint density at radius 2 is 1.70 bits per heavy atom. The lowest BCUT2D eigenvalue weighted by atomic mass is 10.1. The second-order valence-electron chi connectivity index (χ2n) is 4.33. The molecule has 3 aromatic rings. The molecule has 0 saturated heterocycles. The Morgan fingerprint density at radius 3 is 2.45 bits per heavy atom. The Kier molecular flexibility index (Phi) is 3.50. The molecule has 0 bridgehead atoms. The summed E-state index contributed by atoms with van der Waals surface area (Å²) in [5.41, 5.74) is 3.62. The second kappa shape index (κ2) is 5.17. The molecule has 0 amide bonds. The quantitative estimate of drug-likeness (QED) is 0.635. The van der Waals surface area contributed by atoms with Gasteiger partial charge in [-0.2, -0.15) is 5.10 Å². The van der Waals surface area contributed by atoms with Crippen molar-refractivity contribution in [3.63, 3.8) is 0 Å². The molecule has 0 radical (unpaired) electrons. The minimum atomic E-state index is 0.520. The maximum atomic E-state index is 6.25. The monoisotopic (exact) mass is 323 g/mol. The van der Waals surface area contributed by atoms with Crippen LogP contribution in [0.1, 0.15) is 5.69 Å². The number of fused-ring (bicyclic) bond motifs is 1. The maximum Gasteiger partial charge on any atom is 0.131 e. The number of benzene rings is 1. The van der Waals surface area contributed by atoms with Crippen LogP contribution in [-0.4, -0.2) is 15.2 Å². The molecule has 1 aromatic carbocycles. The number of aryl methyl sites for hydroxylation is 1. The van der Waals surface area contributed by atoms with Gasteiger partial charge in [-0.15, -0.1) is 5.10 Å². The van der Waals surface area contributed by atoms with E-state index in [1.54, 1.807) is 24.4 Å². The van der Waals surface area contributed by atoms with Crippen LogP contribution in [0.2, 0.25) is 15.1 Å². The fraction of sp³-hybridized carbons (Fsp3) is 0.0714. The first-order valence-electron chi connectivity index (χ1n) is 5.80. The van der Waals surface area contributed by atoms with Crippen molar-refractivity contribution < 1.29 is 0 Å². The molecule has 0 aliphatic heterocycles. The van der Waals surface area contributed by atoms with Gasteiger partial charge in [0.05, 0.1) is 16.2 Å². The molecular formula is C14H8Cl3N3. The third-order valence-corrected chi connectivity index (χ3v) is 3.73. The zero-order valence-electron chi connectivity index (χ0n) is 10.4. The molecule has 0 aliphatic rings. The predicted molar refractivity (Wildman–Crippen MR) is 82.5 cm³/mol. The van der Waals surface area contributed by atoms with Gasteiger partial charge in [0.25, 0.3) is 0 Å². The molecule has 20 heavy (non-hydrogen) atoms. The number of hydrogen-bond acceptors (Lipinski definition) is 3. The fourth-order valence-electron chi connectivity index (χ4n) is 2.02. The second-order valence-corrected chi connectivity index (χ2v) is 5.58. The van der Waals surface area contributed by atoms with Crippen molar-refractivity contribution in [1.82, 2.24) is 15.2 Å². The van der Waals surface area contributed by atoms with E-state index in [0.29, 0.717) is 26.1 Å². The van der Waals surface area contributed by atoms with Crippen LogP contribution in [-0.2, 0) is 0 Å². The number of hydrogen-bond donors (Lipinski definition) is 0. The number of aromatic nitrogens is 3. The lowest BCUT2D eigenvalue weighted by molar-refractivity contribution is 1.07. The van der Waals surface area contributed by atoms with Crippen molar-refractivity contribution >= 4 is 45.8 Å². The van der Waals surface area contributed by atoms with Crippen molar-refractivity contribution in [2.24, 2.45) is 0 Å². The standard InChI is InChI=1S/C14H8Cl3N3/c1-7-4-12(17)14-13(19-7)10(6-18-20-14)9-3-2-8(15)5-11(9)16/h2-6H,1H3. The SMILES string of the molecule is Cc1cc(Cl)c2nncc(-c3ccc(Cl)cc3Cl)c2n1. The van der Waals surface area contributed by atoms with Gasteiger partial charge in [0, 0.05) is 21.8 Å². The normalized spacial score (nSPS) is 11.0. The molecule has 0 unspecified atom stereocenters. The fourth-order valence-corrected chi connectivity index (χ4v) is 2.82.